The fourth-order valence-corrected chi connectivity index (χ4v) is 3.45. The number of rotatable bonds is 3. The number of pyridine rings is 1. The van der Waals surface area contributed by atoms with Crippen LogP contribution in [-0.2, 0) is 13.1 Å². The van der Waals surface area contributed by atoms with E-state index >= 15 is 0 Å². The molecule has 21 heavy (non-hydrogen) atoms. The molecule has 2 fully saturated rings. The van der Waals surface area contributed by atoms with Gasteiger partial charge in [-0.15, -0.1) is 0 Å². The molecule has 1 aromatic heterocycles. The highest BCUT2D eigenvalue weighted by molar-refractivity contribution is 5.98. The molecule has 4 rings (SSSR count). The molecule has 0 radical (unpaired) electrons. The molecule has 0 spiro atoms. The molecule has 1 aliphatic carbocycles. The van der Waals surface area contributed by atoms with Gasteiger partial charge in [0.2, 0.25) is 0 Å². The molecule has 0 bridgehead atoms. The molecule has 3 heterocycles. The topological polar surface area (TPSA) is 36.4 Å². The molecule has 0 aromatic carbocycles. The first-order valence-electron chi connectivity index (χ1n) is 7.76. The standard InChI is InChI=1S/C16H20FN3O/c1-19-9-14-13(16(19)21)6-12(18-15(14)10-2-3-10)8-20-5-4-11(17)7-20/h6,10-11H,2-5,7-9H2,1H3. The fraction of sp³-hybridized carbons (Fsp3) is 0.625. The van der Waals surface area contributed by atoms with Gasteiger partial charge in [-0.2, -0.15) is 0 Å². The van der Waals surface area contributed by atoms with Crippen molar-refractivity contribution in [3.05, 3.63) is 28.6 Å². The lowest BCUT2D eigenvalue weighted by Crippen LogP contribution is -2.22. The number of nitrogens with zero attached hydrogens (tertiary/aromatic N) is 3. The van der Waals surface area contributed by atoms with E-state index in [1.807, 2.05) is 13.1 Å². The average molecular weight is 289 g/mol. The van der Waals surface area contributed by atoms with Crippen molar-refractivity contribution in [1.29, 1.82) is 0 Å². The van der Waals surface area contributed by atoms with E-state index in [0.717, 1.165) is 29.1 Å². The van der Waals surface area contributed by atoms with E-state index in [2.05, 4.69) is 4.90 Å². The summed E-state index contributed by atoms with van der Waals surface area (Å²) in [6.45, 7) is 2.62. The zero-order chi connectivity index (χ0) is 14.6. The number of carbonyl (C=O) groups is 1. The second-order valence-electron chi connectivity index (χ2n) is 6.58. The maximum absolute atomic E-state index is 13.3. The first kappa shape index (κ1) is 13.2. The van der Waals surface area contributed by atoms with Crippen molar-refractivity contribution in [1.82, 2.24) is 14.8 Å². The molecule has 0 N–H and O–H groups in total. The largest absolute Gasteiger partial charge is 0.337 e. The molecule has 1 unspecified atom stereocenters. The van der Waals surface area contributed by atoms with Crippen LogP contribution in [0.1, 0.15) is 52.5 Å². The van der Waals surface area contributed by atoms with E-state index in [0.29, 0.717) is 32.0 Å². The summed E-state index contributed by atoms with van der Waals surface area (Å²) in [6, 6.07) is 1.93. The zero-order valence-corrected chi connectivity index (χ0v) is 12.3. The predicted molar refractivity (Wildman–Crippen MR) is 76.8 cm³/mol. The van der Waals surface area contributed by atoms with Crippen molar-refractivity contribution < 1.29 is 9.18 Å². The van der Waals surface area contributed by atoms with Gasteiger partial charge in [0.25, 0.3) is 5.91 Å². The van der Waals surface area contributed by atoms with Crippen LogP contribution in [0, 0.1) is 0 Å². The van der Waals surface area contributed by atoms with Gasteiger partial charge >= 0.3 is 0 Å². The van der Waals surface area contributed by atoms with Crippen LogP contribution in [0.2, 0.25) is 0 Å². The van der Waals surface area contributed by atoms with E-state index in [1.54, 1.807) is 4.90 Å². The van der Waals surface area contributed by atoms with Crippen molar-refractivity contribution in [3.63, 3.8) is 0 Å². The summed E-state index contributed by atoms with van der Waals surface area (Å²) in [5.74, 6) is 0.630. The minimum Gasteiger partial charge on any atom is -0.337 e. The molecule has 5 heteroatoms. The van der Waals surface area contributed by atoms with Crippen molar-refractivity contribution in [2.75, 3.05) is 20.1 Å². The summed E-state index contributed by atoms with van der Waals surface area (Å²) in [4.78, 5) is 20.9. The van der Waals surface area contributed by atoms with Gasteiger partial charge in [-0.05, 0) is 25.3 Å². The molecule has 4 nitrogen and oxygen atoms in total. The second-order valence-corrected chi connectivity index (χ2v) is 6.58. The van der Waals surface area contributed by atoms with Crippen molar-refractivity contribution >= 4 is 5.91 Å². The number of hydrogen-bond donors (Lipinski definition) is 0. The molecule has 2 aliphatic heterocycles. The van der Waals surface area contributed by atoms with Gasteiger partial charge in [-0.1, -0.05) is 0 Å². The van der Waals surface area contributed by atoms with Gasteiger partial charge in [-0.3, -0.25) is 14.7 Å². The number of amides is 1. The Morgan fingerprint density at radius 3 is 2.86 bits per heavy atom. The number of likely N-dealkylation sites (tertiary alicyclic amines) is 1. The first-order chi connectivity index (χ1) is 10.1. The Morgan fingerprint density at radius 2 is 2.19 bits per heavy atom. The van der Waals surface area contributed by atoms with Gasteiger partial charge < -0.3 is 4.90 Å². The highest BCUT2D eigenvalue weighted by Crippen LogP contribution is 2.43. The van der Waals surface area contributed by atoms with Crippen LogP contribution >= 0.6 is 0 Å². The van der Waals surface area contributed by atoms with Crippen molar-refractivity contribution in [2.45, 2.75) is 44.4 Å². The molecule has 1 saturated heterocycles. The van der Waals surface area contributed by atoms with Crippen LogP contribution in [0.3, 0.4) is 0 Å². The van der Waals surface area contributed by atoms with E-state index in [1.165, 1.54) is 12.8 Å². The van der Waals surface area contributed by atoms with Gasteiger partial charge in [0.15, 0.2) is 0 Å². The Bertz CT molecular complexity index is 599. The second kappa shape index (κ2) is 4.77. The van der Waals surface area contributed by atoms with E-state index in [9.17, 15) is 9.18 Å². The lowest BCUT2D eigenvalue weighted by Gasteiger charge is -2.16. The zero-order valence-electron chi connectivity index (χ0n) is 12.3. The van der Waals surface area contributed by atoms with Crippen LogP contribution in [0.4, 0.5) is 4.39 Å². The molecule has 1 aromatic rings. The summed E-state index contributed by atoms with van der Waals surface area (Å²) in [7, 11) is 1.84. The molecule has 1 atom stereocenters. The summed E-state index contributed by atoms with van der Waals surface area (Å²) >= 11 is 0. The third-order valence-electron chi connectivity index (χ3n) is 4.75. The molecular formula is C16H20FN3O. The van der Waals surface area contributed by atoms with Crippen molar-refractivity contribution in [3.8, 4) is 0 Å². The fourth-order valence-electron chi connectivity index (χ4n) is 3.45. The minimum atomic E-state index is -0.713. The van der Waals surface area contributed by atoms with Crippen molar-refractivity contribution in [2.24, 2.45) is 0 Å². The maximum atomic E-state index is 13.3. The summed E-state index contributed by atoms with van der Waals surface area (Å²) in [5, 5.41) is 0. The van der Waals surface area contributed by atoms with E-state index in [4.69, 9.17) is 4.98 Å². The molecule has 112 valence electrons. The van der Waals surface area contributed by atoms with Crippen LogP contribution in [0.5, 0.6) is 0 Å². The molecule has 1 saturated carbocycles. The summed E-state index contributed by atoms with van der Waals surface area (Å²) < 4.78 is 13.3. The highest BCUT2D eigenvalue weighted by atomic mass is 19.1. The smallest absolute Gasteiger partial charge is 0.254 e. The minimum absolute atomic E-state index is 0.0975. The van der Waals surface area contributed by atoms with Gasteiger partial charge in [0.05, 0.1) is 5.69 Å². The Balaban J connectivity index is 1.66. The Kier molecular flexibility index (Phi) is 2.99. The number of halogens is 1. The number of hydrogen-bond acceptors (Lipinski definition) is 3. The van der Waals surface area contributed by atoms with Crippen LogP contribution in [0.15, 0.2) is 6.07 Å². The molecule has 1 amide bonds. The van der Waals surface area contributed by atoms with Gasteiger partial charge in [-0.25, -0.2) is 4.39 Å². The molecule has 3 aliphatic rings. The Labute approximate surface area is 123 Å². The van der Waals surface area contributed by atoms with E-state index < -0.39 is 6.17 Å². The third kappa shape index (κ3) is 2.33. The number of fused-ring (bicyclic) bond motifs is 1. The first-order valence-corrected chi connectivity index (χ1v) is 7.76. The lowest BCUT2D eigenvalue weighted by atomic mass is 10.0. The highest BCUT2D eigenvalue weighted by Gasteiger charge is 2.35. The monoisotopic (exact) mass is 289 g/mol. The maximum Gasteiger partial charge on any atom is 0.254 e. The average Bonchev–Trinajstić information content (AvgIpc) is 3.16. The number of carbonyl (C=O) groups excluding carboxylic acids is 1. The molecular weight excluding hydrogens is 269 g/mol. The summed E-state index contributed by atoms with van der Waals surface area (Å²) in [5.41, 5.74) is 3.99. The van der Waals surface area contributed by atoms with Gasteiger partial charge in [0.1, 0.15) is 6.17 Å². The Morgan fingerprint density at radius 1 is 1.38 bits per heavy atom. The third-order valence-corrected chi connectivity index (χ3v) is 4.75. The quantitative estimate of drug-likeness (QED) is 0.855. The van der Waals surface area contributed by atoms with Crippen LogP contribution in [0.25, 0.3) is 0 Å². The van der Waals surface area contributed by atoms with E-state index in [-0.39, 0.29) is 5.91 Å². The Hall–Kier alpha value is -1.49. The van der Waals surface area contributed by atoms with Gasteiger partial charge in [0, 0.05) is 56.0 Å². The number of aromatic nitrogens is 1. The number of alkyl halides is 1. The lowest BCUT2D eigenvalue weighted by molar-refractivity contribution is 0.0816. The normalized spacial score (nSPS) is 25.7. The van der Waals surface area contributed by atoms with Crippen LogP contribution in [-0.4, -0.2) is 47.0 Å². The summed E-state index contributed by atoms with van der Waals surface area (Å²) in [6.07, 6.45) is 2.26. The SMILES string of the molecule is CN1Cc2c(cc(CN3CCC(F)C3)nc2C2CC2)C1=O. The predicted octanol–water partition coefficient (Wildman–Crippen LogP) is 2.09. The van der Waals surface area contributed by atoms with Crippen LogP contribution < -0.4 is 0 Å².